The molecule has 2 aromatic heterocycles. The molecule has 7 nitrogen and oxygen atoms in total. The van der Waals surface area contributed by atoms with Crippen molar-refractivity contribution in [1.29, 1.82) is 0 Å². The van der Waals surface area contributed by atoms with E-state index in [0.29, 0.717) is 24.5 Å². The van der Waals surface area contributed by atoms with Gasteiger partial charge in [0.25, 0.3) is 0 Å². The van der Waals surface area contributed by atoms with Gasteiger partial charge in [0.15, 0.2) is 0 Å². The Morgan fingerprint density at radius 3 is 2.92 bits per heavy atom. The first-order chi connectivity index (χ1) is 12.7. The summed E-state index contributed by atoms with van der Waals surface area (Å²) in [5.74, 6) is 0.803. The second-order valence-electron chi connectivity index (χ2n) is 5.48. The lowest BCUT2D eigenvalue weighted by Gasteiger charge is -2.04. The van der Waals surface area contributed by atoms with E-state index in [-0.39, 0.29) is 6.03 Å². The maximum absolute atomic E-state index is 11.9. The van der Waals surface area contributed by atoms with Gasteiger partial charge in [0.2, 0.25) is 5.13 Å². The van der Waals surface area contributed by atoms with E-state index in [1.165, 1.54) is 11.3 Å². The van der Waals surface area contributed by atoms with Crippen LogP contribution < -0.4 is 15.4 Å². The van der Waals surface area contributed by atoms with Gasteiger partial charge in [-0.3, -0.25) is 10.3 Å². The Hall–Kier alpha value is -3.00. The summed E-state index contributed by atoms with van der Waals surface area (Å²) < 4.78 is 5.22. The fraction of sp³-hybridized carbons (Fsp3) is 0.222. The summed E-state index contributed by atoms with van der Waals surface area (Å²) in [7, 11) is 1.64. The molecule has 2 heterocycles. The maximum atomic E-state index is 11.9. The molecule has 0 aliphatic carbocycles. The van der Waals surface area contributed by atoms with E-state index in [2.05, 4.69) is 25.8 Å². The molecule has 26 heavy (non-hydrogen) atoms. The Morgan fingerprint density at radius 1 is 1.19 bits per heavy atom. The molecule has 0 aliphatic heterocycles. The highest BCUT2D eigenvalue weighted by atomic mass is 32.1. The molecule has 0 unspecified atom stereocenters. The van der Waals surface area contributed by atoms with Crippen LogP contribution in [0.2, 0.25) is 0 Å². The number of benzene rings is 1. The van der Waals surface area contributed by atoms with E-state index in [1.54, 1.807) is 13.3 Å². The van der Waals surface area contributed by atoms with Gasteiger partial charge in [-0.15, -0.1) is 10.2 Å². The fourth-order valence-electron chi connectivity index (χ4n) is 2.32. The Labute approximate surface area is 155 Å². The van der Waals surface area contributed by atoms with Gasteiger partial charge < -0.3 is 10.1 Å². The second kappa shape index (κ2) is 8.91. The van der Waals surface area contributed by atoms with E-state index >= 15 is 0 Å². The smallest absolute Gasteiger partial charge is 0.321 e. The van der Waals surface area contributed by atoms with Gasteiger partial charge in [-0.05, 0) is 29.8 Å². The van der Waals surface area contributed by atoms with E-state index in [9.17, 15) is 4.79 Å². The zero-order valence-electron chi connectivity index (χ0n) is 14.3. The van der Waals surface area contributed by atoms with Crippen LogP contribution in [0.4, 0.5) is 9.93 Å². The van der Waals surface area contributed by atoms with Crippen molar-refractivity contribution in [2.24, 2.45) is 0 Å². The van der Waals surface area contributed by atoms with Gasteiger partial charge in [0.1, 0.15) is 10.8 Å². The molecule has 2 amide bonds. The first-order valence-electron chi connectivity index (χ1n) is 8.13. The zero-order chi connectivity index (χ0) is 18.2. The number of carbonyl (C=O) groups is 1. The Kier molecular flexibility index (Phi) is 6.10. The van der Waals surface area contributed by atoms with Crippen LogP contribution in [0.25, 0.3) is 0 Å². The Bertz CT molecular complexity index is 854. The molecule has 0 aliphatic rings. The van der Waals surface area contributed by atoms with Crippen molar-refractivity contribution in [3.05, 3.63) is 64.9 Å². The molecule has 0 radical (unpaired) electrons. The highest BCUT2D eigenvalue weighted by Gasteiger charge is 2.09. The monoisotopic (exact) mass is 369 g/mol. The standard InChI is InChI=1S/C18H19N5O2S/c1-25-15-7-4-5-13(11-15)12-16-22-23-18(26-16)21-17(24)20-10-8-14-6-2-3-9-19-14/h2-7,9,11H,8,10,12H2,1H3,(H2,20,21,23,24). The van der Waals surface area contributed by atoms with Crippen LogP contribution >= 0.6 is 11.3 Å². The van der Waals surface area contributed by atoms with Gasteiger partial charge in [-0.2, -0.15) is 0 Å². The predicted molar refractivity (Wildman–Crippen MR) is 101 cm³/mol. The summed E-state index contributed by atoms with van der Waals surface area (Å²) in [4.78, 5) is 16.1. The van der Waals surface area contributed by atoms with Gasteiger partial charge in [-0.25, -0.2) is 4.79 Å². The molecule has 0 bridgehead atoms. The van der Waals surface area contributed by atoms with Crippen LogP contribution in [-0.2, 0) is 12.8 Å². The van der Waals surface area contributed by atoms with Crippen LogP contribution in [0.1, 0.15) is 16.3 Å². The molecule has 134 valence electrons. The third-order valence-electron chi connectivity index (χ3n) is 3.57. The summed E-state index contributed by atoms with van der Waals surface area (Å²) in [6.45, 7) is 0.498. The Morgan fingerprint density at radius 2 is 2.12 bits per heavy atom. The lowest BCUT2D eigenvalue weighted by atomic mass is 10.1. The van der Waals surface area contributed by atoms with Crippen molar-refractivity contribution in [2.75, 3.05) is 19.0 Å². The second-order valence-corrected chi connectivity index (χ2v) is 6.54. The first kappa shape index (κ1) is 17.8. The van der Waals surface area contributed by atoms with Crippen molar-refractivity contribution in [1.82, 2.24) is 20.5 Å². The largest absolute Gasteiger partial charge is 0.497 e. The van der Waals surface area contributed by atoms with E-state index in [4.69, 9.17) is 4.74 Å². The number of hydrogen-bond donors (Lipinski definition) is 2. The number of aromatic nitrogens is 3. The van der Waals surface area contributed by atoms with Crippen molar-refractivity contribution < 1.29 is 9.53 Å². The molecule has 0 fully saturated rings. The number of hydrogen-bond acceptors (Lipinski definition) is 6. The maximum Gasteiger partial charge on any atom is 0.321 e. The van der Waals surface area contributed by atoms with Gasteiger partial charge in [0, 0.05) is 31.3 Å². The molecule has 1 aromatic carbocycles. The third kappa shape index (κ3) is 5.25. The van der Waals surface area contributed by atoms with Crippen LogP contribution in [0.3, 0.4) is 0 Å². The first-order valence-corrected chi connectivity index (χ1v) is 8.94. The normalized spacial score (nSPS) is 10.3. The summed E-state index contributed by atoms with van der Waals surface area (Å²) >= 11 is 1.35. The average Bonchev–Trinajstić information content (AvgIpc) is 3.09. The molecule has 3 rings (SSSR count). The van der Waals surface area contributed by atoms with E-state index in [0.717, 1.165) is 22.0 Å². The molecule has 0 saturated heterocycles. The van der Waals surface area contributed by atoms with Crippen LogP contribution in [0.5, 0.6) is 5.75 Å². The average molecular weight is 369 g/mol. The Balaban J connectivity index is 1.47. The molecule has 8 heteroatoms. The number of amides is 2. The lowest BCUT2D eigenvalue weighted by Crippen LogP contribution is -2.30. The minimum atomic E-state index is -0.301. The number of ether oxygens (including phenoxy) is 1. The highest BCUT2D eigenvalue weighted by molar-refractivity contribution is 7.15. The van der Waals surface area contributed by atoms with Gasteiger partial charge in [0.05, 0.1) is 7.11 Å². The van der Waals surface area contributed by atoms with Crippen molar-refractivity contribution in [3.63, 3.8) is 0 Å². The SMILES string of the molecule is COc1cccc(Cc2nnc(NC(=O)NCCc3ccccn3)s2)c1. The minimum absolute atomic E-state index is 0.301. The number of carbonyl (C=O) groups excluding carboxylic acids is 1. The topological polar surface area (TPSA) is 89.0 Å². The van der Waals surface area contributed by atoms with E-state index in [1.807, 2.05) is 42.5 Å². The quantitative estimate of drug-likeness (QED) is 0.668. The highest BCUT2D eigenvalue weighted by Crippen LogP contribution is 2.20. The number of nitrogens with one attached hydrogen (secondary N) is 2. The van der Waals surface area contributed by atoms with Crippen LogP contribution in [-0.4, -0.2) is 34.9 Å². The number of nitrogens with zero attached hydrogens (tertiary/aromatic N) is 3. The molecular weight excluding hydrogens is 350 g/mol. The summed E-state index contributed by atoms with van der Waals surface area (Å²) in [6.07, 6.45) is 3.05. The van der Waals surface area contributed by atoms with Crippen molar-refractivity contribution >= 4 is 22.5 Å². The van der Waals surface area contributed by atoms with Gasteiger partial charge >= 0.3 is 6.03 Å². The number of rotatable bonds is 7. The number of pyridine rings is 1. The summed E-state index contributed by atoms with van der Waals surface area (Å²) in [5, 5.41) is 14.9. The molecule has 0 saturated carbocycles. The van der Waals surface area contributed by atoms with Gasteiger partial charge in [-0.1, -0.05) is 29.5 Å². The zero-order valence-corrected chi connectivity index (χ0v) is 15.1. The third-order valence-corrected chi connectivity index (χ3v) is 4.41. The predicted octanol–water partition coefficient (Wildman–Crippen LogP) is 2.90. The van der Waals surface area contributed by atoms with E-state index < -0.39 is 0 Å². The lowest BCUT2D eigenvalue weighted by molar-refractivity contribution is 0.252. The molecule has 2 N–H and O–H groups in total. The minimum Gasteiger partial charge on any atom is -0.497 e. The summed E-state index contributed by atoms with van der Waals surface area (Å²) in [6, 6.07) is 13.2. The molecular formula is C18H19N5O2S. The summed E-state index contributed by atoms with van der Waals surface area (Å²) in [5.41, 5.74) is 2.01. The van der Waals surface area contributed by atoms with Crippen LogP contribution in [0.15, 0.2) is 48.7 Å². The molecule has 3 aromatic rings. The van der Waals surface area contributed by atoms with Crippen molar-refractivity contribution in [2.45, 2.75) is 12.8 Å². The fourth-order valence-corrected chi connectivity index (χ4v) is 3.09. The number of anilines is 1. The number of urea groups is 1. The number of methoxy groups -OCH3 is 1. The molecule has 0 spiro atoms. The van der Waals surface area contributed by atoms with Crippen LogP contribution in [0, 0.1) is 0 Å². The molecule has 0 atom stereocenters. The van der Waals surface area contributed by atoms with Crippen molar-refractivity contribution in [3.8, 4) is 5.75 Å².